The molecule has 0 heterocycles. The number of halogens is 1. The first-order valence-corrected chi connectivity index (χ1v) is 7.79. The van der Waals surface area contributed by atoms with Crippen molar-refractivity contribution in [2.24, 2.45) is 0 Å². The van der Waals surface area contributed by atoms with E-state index in [9.17, 15) is 0 Å². The summed E-state index contributed by atoms with van der Waals surface area (Å²) in [6.45, 7) is 0. The third-order valence-corrected chi connectivity index (χ3v) is 4.49. The van der Waals surface area contributed by atoms with Gasteiger partial charge in [0.1, 0.15) is 0 Å². The van der Waals surface area contributed by atoms with Crippen molar-refractivity contribution in [3.05, 3.63) is 59.1 Å². The zero-order valence-electron chi connectivity index (χ0n) is 12.5. The molecule has 1 N–H and O–H groups in total. The summed E-state index contributed by atoms with van der Waals surface area (Å²) in [6.07, 6.45) is 2.38. The Morgan fingerprint density at radius 3 is 2.14 bits per heavy atom. The fourth-order valence-electron chi connectivity index (χ4n) is 2.83. The number of benzene rings is 2. The highest BCUT2D eigenvalue weighted by atomic mass is 35.5. The van der Waals surface area contributed by atoms with Crippen LogP contribution in [-0.4, -0.2) is 20.1 Å². The summed E-state index contributed by atoms with van der Waals surface area (Å²) in [6, 6.07) is 17.5. The second kappa shape index (κ2) is 5.98. The molecule has 3 rings (SSSR count). The van der Waals surface area contributed by atoms with E-state index in [1.165, 1.54) is 29.8 Å². The summed E-state index contributed by atoms with van der Waals surface area (Å²) in [4.78, 5) is 2.11. The maximum atomic E-state index is 5.93. The highest BCUT2D eigenvalue weighted by molar-refractivity contribution is 6.30. The lowest BCUT2D eigenvalue weighted by Gasteiger charge is -2.37. The third kappa shape index (κ3) is 3.33. The normalized spacial score (nSPS) is 20.7. The Hall–Kier alpha value is -1.67. The minimum absolute atomic E-state index is 0.580. The number of nitrogens with one attached hydrogen (secondary N) is 1. The molecule has 0 saturated heterocycles. The van der Waals surface area contributed by atoms with Crippen LogP contribution < -0.4 is 10.2 Å². The van der Waals surface area contributed by atoms with Crippen LogP contribution in [0.2, 0.25) is 5.02 Å². The Morgan fingerprint density at radius 2 is 1.57 bits per heavy atom. The first-order valence-electron chi connectivity index (χ1n) is 7.41. The Kier molecular flexibility index (Phi) is 4.07. The average Bonchev–Trinajstić information content (AvgIpc) is 2.44. The van der Waals surface area contributed by atoms with Gasteiger partial charge in [0.2, 0.25) is 0 Å². The van der Waals surface area contributed by atoms with E-state index in [2.05, 4.69) is 60.7 Å². The molecule has 1 fully saturated rings. The molecule has 1 saturated carbocycles. The van der Waals surface area contributed by atoms with E-state index in [0.29, 0.717) is 12.0 Å². The standard InChI is InChI=1S/C18H21ClN2/c1-21(2)18-9-7-16(8-10-18)20-17-11-14(12-17)13-3-5-15(19)6-4-13/h3-10,14,17,20H,11-12H2,1-2H3. The van der Waals surface area contributed by atoms with Crippen molar-refractivity contribution >= 4 is 23.0 Å². The van der Waals surface area contributed by atoms with Crippen molar-refractivity contribution < 1.29 is 0 Å². The average molecular weight is 301 g/mol. The van der Waals surface area contributed by atoms with Gasteiger partial charge in [0, 0.05) is 36.5 Å². The fraction of sp³-hybridized carbons (Fsp3) is 0.333. The van der Waals surface area contributed by atoms with E-state index in [0.717, 1.165) is 5.02 Å². The summed E-state index contributed by atoms with van der Waals surface area (Å²) in [5, 5.41) is 4.42. The van der Waals surface area contributed by atoms with E-state index in [1.54, 1.807) is 0 Å². The van der Waals surface area contributed by atoms with Gasteiger partial charge in [-0.25, -0.2) is 0 Å². The molecule has 0 unspecified atom stereocenters. The molecular formula is C18H21ClN2. The van der Waals surface area contributed by atoms with E-state index < -0.39 is 0 Å². The second-order valence-corrected chi connectivity index (χ2v) is 6.44. The zero-order valence-corrected chi connectivity index (χ0v) is 13.3. The fourth-order valence-corrected chi connectivity index (χ4v) is 2.96. The maximum Gasteiger partial charge on any atom is 0.0406 e. The lowest BCUT2D eigenvalue weighted by atomic mass is 9.76. The van der Waals surface area contributed by atoms with Gasteiger partial charge in [-0.05, 0) is 60.7 Å². The first-order chi connectivity index (χ1) is 10.1. The van der Waals surface area contributed by atoms with Gasteiger partial charge < -0.3 is 10.2 Å². The van der Waals surface area contributed by atoms with Gasteiger partial charge in [-0.1, -0.05) is 23.7 Å². The van der Waals surface area contributed by atoms with Crippen LogP contribution in [0.4, 0.5) is 11.4 Å². The summed E-state index contributed by atoms with van der Waals surface area (Å²) in [5.41, 5.74) is 3.84. The predicted molar refractivity (Wildman–Crippen MR) is 91.6 cm³/mol. The number of rotatable bonds is 4. The lowest BCUT2D eigenvalue weighted by Crippen LogP contribution is -2.33. The van der Waals surface area contributed by atoms with Crippen LogP contribution in [-0.2, 0) is 0 Å². The van der Waals surface area contributed by atoms with Crippen LogP contribution in [0.3, 0.4) is 0 Å². The molecule has 110 valence electrons. The van der Waals surface area contributed by atoms with Crippen molar-refractivity contribution in [2.45, 2.75) is 24.8 Å². The van der Waals surface area contributed by atoms with Crippen LogP contribution in [0.25, 0.3) is 0 Å². The molecule has 3 heteroatoms. The molecule has 0 bridgehead atoms. The van der Waals surface area contributed by atoms with Gasteiger partial charge in [0.25, 0.3) is 0 Å². The first kappa shape index (κ1) is 14.3. The summed E-state index contributed by atoms with van der Waals surface area (Å²) >= 11 is 5.93. The van der Waals surface area contributed by atoms with Crippen LogP contribution in [0.1, 0.15) is 24.3 Å². The summed E-state index contributed by atoms with van der Waals surface area (Å²) < 4.78 is 0. The maximum absolute atomic E-state index is 5.93. The van der Waals surface area contributed by atoms with Gasteiger partial charge in [0.15, 0.2) is 0 Å². The molecule has 0 aliphatic heterocycles. The van der Waals surface area contributed by atoms with Crippen LogP contribution >= 0.6 is 11.6 Å². The van der Waals surface area contributed by atoms with Gasteiger partial charge >= 0.3 is 0 Å². The Bertz CT molecular complexity index is 584. The van der Waals surface area contributed by atoms with Crippen LogP contribution in [0.15, 0.2) is 48.5 Å². The molecule has 0 aromatic heterocycles. The van der Waals surface area contributed by atoms with Gasteiger partial charge in [-0.15, -0.1) is 0 Å². The van der Waals surface area contributed by atoms with E-state index in [4.69, 9.17) is 11.6 Å². The monoisotopic (exact) mass is 300 g/mol. The Balaban J connectivity index is 1.53. The van der Waals surface area contributed by atoms with Crippen molar-refractivity contribution in [1.29, 1.82) is 0 Å². The molecular weight excluding hydrogens is 280 g/mol. The van der Waals surface area contributed by atoms with Crippen molar-refractivity contribution in [2.75, 3.05) is 24.3 Å². The molecule has 1 aliphatic rings. The molecule has 1 aliphatic carbocycles. The van der Waals surface area contributed by atoms with Crippen molar-refractivity contribution in [3.63, 3.8) is 0 Å². The van der Waals surface area contributed by atoms with Gasteiger partial charge in [-0.3, -0.25) is 0 Å². The smallest absolute Gasteiger partial charge is 0.0406 e. The summed E-state index contributed by atoms with van der Waals surface area (Å²) in [7, 11) is 4.12. The molecule has 2 aromatic rings. The van der Waals surface area contributed by atoms with E-state index in [-0.39, 0.29) is 0 Å². The quantitative estimate of drug-likeness (QED) is 0.875. The molecule has 0 atom stereocenters. The molecule has 0 amide bonds. The van der Waals surface area contributed by atoms with Crippen LogP contribution in [0.5, 0.6) is 0 Å². The third-order valence-electron chi connectivity index (χ3n) is 4.23. The van der Waals surface area contributed by atoms with E-state index >= 15 is 0 Å². The SMILES string of the molecule is CN(C)c1ccc(NC2CC(c3ccc(Cl)cc3)C2)cc1. The van der Waals surface area contributed by atoms with Gasteiger partial charge in [-0.2, -0.15) is 0 Å². The van der Waals surface area contributed by atoms with E-state index in [1.807, 2.05) is 12.1 Å². The Labute approximate surface area is 131 Å². The molecule has 2 nitrogen and oxygen atoms in total. The highest BCUT2D eigenvalue weighted by Crippen LogP contribution is 2.38. The molecule has 2 aromatic carbocycles. The van der Waals surface area contributed by atoms with Crippen molar-refractivity contribution in [1.82, 2.24) is 0 Å². The largest absolute Gasteiger partial charge is 0.382 e. The summed E-state index contributed by atoms with van der Waals surface area (Å²) in [5.74, 6) is 0.667. The number of hydrogen-bond acceptors (Lipinski definition) is 2. The topological polar surface area (TPSA) is 15.3 Å². The number of hydrogen-bond donors (Lipinski definition) is 1. The lowest BCUT2D eigenvalue weighted by molar-refractivity contribution is 0.374. The second-order valence-electron chi connectivity index (χ2n) is 6.00. The minimum Gasteiger partial charge on any atom is -0.382 e. The van der Waals surface area contributed by atoms with Crippen LogP contribution in [0, 0.1) is 0 Å². The Morgan fingerprint density at radius 1 is 0.952 bits per heavy atom. The number of anilines is 2. The molecule has 0 radical (unpaired) electrons. The number of nitrogens with zero attached hydrogens (tertiary/aromatic N) is 1. The molecule has 0 spiro atoms. The predicted octanol–water partition coefficient (Wildman–Crippen LogP) is 4.76. The highest BCUT2D eigenvalue weighted by Gasteiger charge is 2.30. The zero-order chi connectivity index (χ0) is 14.8. The van der Waals surface area contributed by atoms with Gasteiger partial charge in [0.05, 0.1) is 0 Å². The minimum atomic E-state index is 0.580. The van der Waals surface area contributed by atoms with Crippen molar-refractivity contribution in [3.8, 4) is 0 Å². The molecule has 21 heavy (non-hydrogen) atoms.